The molecule has 0 aliphatic heterocycles. The summed E-state index contributed by atoms with van der Waals surface area (Å²) >= 11 is 0. The van der Waals surface area contributed by atoms with Crippen molar-refractivity contribution in [1.29, 1.82) is 0 Å². The van der Waals surface area contributed by atoms with Gasteiger partial charge in [-0.05, 0) is 49.8 Å². The molecule has 0 atom stereocenters. The van der Waals surface area contributed by atoms with Gasteiger partial charge in [0.15, 0.2) is 0 Å². The monoisotopic (exact) mass is 419 g/mol. The molecule has 0 N–H and O–H groups in total. The second kappa shape index (κ2) is 17.8. The molecule has 1 heteroatoms. The fourth-order valence-corrected chi connectivity index (χ4v) is 4.13. The van der Waals surface area contributed by atoms with Crippen molar-refractivity contribution >= 4 is 0 Å². The summed E-state index contributed by atoms with van der Waals surface area (Å²) in [6, 6.07) is 21.8. The first kappa shape index (κ1) is 25.4. The smallest absolute Gasteiger partial charge is 0.0237 e. The molecule has 2 aromatic carbocycles. The molecule has 0 amide bonds. The van der Waals surface area contributed by atoms with E-state index in [2.05, 4.69) is 84.6 Å². The number of hydrogen-bond acceptors (Lipinski definition) is 1. The average Bonchev–Trinajstić information content (AvgIpc) is 2.80. The number of hydrogen-bond donors (Lipinski definition) is 0. The summed E-state index contributed by atoms with van der Waals surface area (Å²) in [5, 5.41) is 0. The Kier molecular flexibility index (Phi) is 14.6. The van der Waals surface area contributed by atoms with Crippen LogP contribution in [0.15, 0.2) is 72.8 Å². The van der Waals surface area contributed by atoms with Crippen molar-refractivity contribution in [3.63, 3.8) is 0 Å². The Morgan fingerprint density at radius 2 is 1.00 bits per heavy atom. The molecule has 0 spiro atoms. The SMILES string of the molecule is CCCCCC/C=C/CCCCCCCCN(Cc1ccccc1)Cc1ccccc1. The molecule has 170 valence electrons. The summed E-state index contributed by atoms with van der Waals surface area (Å²) in [6.07, 6.45) is 21.0. The summed E-state index contributed by atoms with van der Waals surface area (Å²) in [5.41, 5.74) is 2.83. The van der Waals surface area contributed by atoms with Crippen LogP contribution in [0.3, 0.4) is 0 Å². The molecule has 0 fully saturated rings. The van der Waals surface area contributed by atoms with Crippen LogP contribution in [0.4, 0.5) is 0 Å². The van der Waals surface area contributed by atoms with Crippen molar-refractivity contribution in [3.8, 4) is 0 Å². The topological polar surface area (TPSA) is 3.24 Å². The Morgan fingerprint density at radius 1 is 0.548 bits per heavy atom. The minimum Gasteiger partial charge on any atom is -0.295 e. The lowest BCUT2D eigenvalue weighted by molar-refractivity contribution is 0.250. The van der Waals surface area contributed by atoms with Gasteiger partial charge in [0.1, 0.15) is 0 Å². The summed E-state index contributed by atoms with van der Waals surface area (Å²) in [4.78, 5) is 2.61. The number of allylic oxidation sites excluding steroid dienone is 2. The Labute approximate surface area is 192 Å². The van der Waals surface area contributed by atoms with E-state index in [1.54, 1.807) is 0 Å². The van der Waals surface area contributed by atoms with Crippen molar-refractivity contribution in [2.75, 3.05) is 6.54 Å². The van der Waals surface area contributed by atoms with Crippen LogP contribution < -0.4 is 0 Å². The van der Waals surface area contributed by atoms with Gasteiger partial charge >= 0.3 is 0 Å². The first-order valence-corrected chi connectivity index (χ1v) is 12.8. The van der Waals surface area contributed by atoms with Crippen LogP contribution in [0.5, 0.6) is 0 Å². The second-order valence-corrected chi connectivity index (χ2v) is 8.91. The van der Waals surface area contributed by atoms with Gasteiger partial charge < -0.3 is 0 Å². The van der Waals surface area contributed by atoms with Crippen LogP contribution in [0.25, 0.3) is 0 Å². The normalized spacial score (nSPS) is 11.5. The lowest BCUT2D eigenvalue weighted by atomic mass is 10.1. The highest BCUT2D eigenvalue weighted by molar-refractivity contribution is 5.17. The predicted molar refractivity (Wildman–Crippen MR) is 137 cm³/mol. The van der Waals surface area contributed by atoms with E-state index in [4.69, 9.17) is 0 Å². The number of unbranched alkanes of at least 4 members (excludes halogenated alkanes) is 10. The second-order valence-electron chi connectivity index (χ2n) is 8.91. The van der Waals surface area contributed by atoms with Crippen LogP contribution in [0.2, 0.25) is 0 Å². The molecule has 0 unspecified atom stereocenters. The van der Waals surface area contributed by atoms with Gasteiger partial charge in [-0.25, -0.2) is 0 Å². The van der Waals surface area contributed by atoms with Gasteiger partial charge in [-0.3, -0.25) is 4.90 Å². The molecule has 0 aliphatic rings. The van der Waals surface area contributed by atoms with Crippen molar-refractivity contribution in [2.24, 2.45) is 0 Å². The molecule has 0 radical (unpaired) electrons. The summed E-state index contributed by atoms with van der Waals surface area (Å²) < 4.78 is 0. The molecule has 0 saturated heterocycles. The maximum atomic E-state index is 2.61. The molecule has 2 aromatic rings. The van der Waals surface area contributed by atoms with E-state index >= 15 is 0 Å². The minimum absolute atomic E-state index is 1.04. The van der Waals surface area contributed by atoms with E-state index in [9.17, 15) is 0 Å². The molecule has 0 bridgehead atoms. The average molecular weight is 420 g/mol. The van der Waals surface area contributed by atoms with Crippen LogP contribution in [0, 0.1) is 0 Å². The molecular formula is C30H45N. The van der Waals surface area contributed by atoms with Crippen molar-refractivity contribution in [3.05, 3.63) is 83.9 Å². The summed E-state index contributed by atoms with van der Waals surface area (Å²) in [7, 11) is 0. The van der Waals surface area contributed by atoms with Crippen LogP contribution in [-0.2, 0) is 13.1 Å². The first-order valence-electron chi connectivity index (χ1n) is 12.8. The van der Waals surface area contributed by atoms with Gasteiger partial charge in [0.05, 0.1) is 0 Å². The molecule has 0 aromatic heterocycles. The predicted octanol–water partition coefficient (Wildman–Crippen LogP) is 8.95. The minimum atomic E-state index is 1.04. The van der Waals surface area contributed by atoms with Gasteiger partial charge in [-0.1, -0.05) is 125 Å². The molecule has 0 aliphatic carbocycles. The largest absolute Gasteiger partial charge is 0.295 e. The highest BCUT2D eigenvalue weighted by Gasteiger charge is 2.07. The standard InChI is InChI=1S/C30H45N/c1-2-3-4-5-6-7-8-9-10-11-12-13-14-21-26-31(27-29-22-17-15-18-23-29)28-30-24-19-16-20-25-30/h7-8,15-20,22-25H,2-6,9-14,21,26-28H2,1H3/b8-7+. The van der Waals surface area contributed by atoms with E-state index in [0.29, 0.717) is 0 Å². The fraction of sp³-hybridized carbons (Fsp3) is 0.533. The zero-order valence-corrected chi connectivity index (χ0v) is 20.0. The van der Waals surface area contributed by atoms with Gasteiger partial charge in [0, 0.05) is 13.1 Å². The fourth-order valence-electron chi connectivity index (χ4n) is 4.13. The lowest BCUT2D eigenvalue weighted by Gasteiger charge is -2.22. The third-order valence-corrected chi connectivity index (χ3v) is 5.98. The van der Waals surface area contributed by atoms with Gasteiger partial charge in [0.25, 0.3) is 0 Å². The highest BCUT2D eigenvalue weighted by Crippen LogP contribution is 2.13. The molecular weight excluding hydrogens is 374 g/mol. The Bertz CT molecular complexity index is 620. The van der Waals surface area contributed by atoms with Crippen molar-refractivity contribution < 1.29 is 0 Å². The first-order chi connectivity index (χ1) is 15.4. The summed E-state index contributed by atoms with van der Waals surface area (Å²) in [6.45, 7) is 5.55. The number of rotatable bonds is 18. The number of nitrogens with zero attached hydrogens (tertiary/aromatic N) is 1. The quantitative estimate of drug-likeness (QED) is 0.172. The van der Waals surface area contributed by atoms with Gasteiger partial charge in [-0.15, -0.1) is 0 Å². The lowest BCUT2D eigenvalue weighted by Crippen LogP contribution is -2.24. The van der Waals surface area contributed by atoms with Crippen molar-refractivity contribution in [1.82, 2.24) is 4.90 Å². The Hall–Kier alpha value is -1.86. The van der Waals surface area contributed by atoms with Crippen LogP contribution >= 0.6 is 0 Å². The van der Waals surface area contributed by atoms with E-state index in [0.717, 1.165) is 13.1 Å². The zero-order chi connectivity index (χ0) is 21.8. The van der Waals surface area contributed by atoms with Crippen LogP contribution in [-0.4, -0.2) is 11.4 Å². The zero-order valence-electron chi connectivity index (χ0n) is 20.0. The molecule has 2 rings (SSSR count). The number of benzene rings is 2. The van der Waals surface area contributed by atoms with Crippen LogP contribution in [0.1, 0.15) is 95.1 Å². The van der Waals surface area contributed by atoms with Gasteiger partial charge in [-0.2, -0.15) is 0 Å². The van der Waals surface area contributed by atoms with E-state index in [1.165, 1.54) is 94.7 Å². The summed E-state index contributed by atoms with van der Waals surface area (Å²) in [5.74, 6) is 0. The highest BCUT2D eigenvalue weighted by atomic mass is 15.1. The molecule has 31 heavy (non-hydrogen) atoms. The van der Waals surface area contributed by atoms with E-state index < -0.39 is 0 Å². The maximum absolute atomic E-state index is 2.61. The van der Waals surface area contributed by atoms with E-state index in [1.807, 2.05) is 0 Å². The Morgan fingerprint density at radius 3 is 1.52 bits per heavy atom. The third-order valence-electron chi connectivity index (χ3n) is 5.98. The molecule has 0 saturated carbocycles. The van der Waals surface area contributed by atoms with Gasteiger partial charge in [0.2, 0.25) is 0 Å². The molecule has 1 nitrogen and oxygen atoms in total. The molecule has 0 heterocycles. The third kappa shape index (κ3) is 13.2. The van der Waals surface area contributed by atoms with Crippen molar-refractivity contribution in [2.45, 2.75) is 97.1 Å². The van der Waals surface area contributed by atoms with E-state index in [-0.39, 0.29) is 0 Å². The maximum Gasteiger partial charge on any atom is 0.0237 e. The Balaban J connectivity index is 1.55.